The van der Waals surface area contributed by atoms with E-state index in [4.69, 9.17) is 18.5 Å². The van der Waals surface area contributed by atoms with E-state index in [0.29, 0.717) is 12.8 Å². The van der Waals surface area contributed by atoms with E-state index in [1.54, 1.807) is 0 Å². The van der Waals surface area contributed by atoms with Gasteiger partial charge in [-0.15, -0.1) is 0 Å². The summed E-state index contributed by atoms with van der Waals surface area (Å²) in [6, 6.07) is 0. The molecule has 6 unspecified atom stereocenters. The van der Waals surface area contributed by atoms with E-state index in [0.717, 1.165) is 57.8 Å². The largest absolute Gasteiger partial charge is 0.472 e. The van der Waals surface area contributed by atoms with Crippen LogP contribution in [0, 0.1) is 0 Å². The van der Waals surface area contributed by atoms with Crippen LogP contribution in [0.3, 0.4) is 0 Å². The number of carbonyl (C=O) groups is 2. The number of hydrogen-bond donors (Lipinski definition) is 6. The molecule has 0 amide bonds. The number of phosphoric acid groups is 1. The highest BCUT2D eigenvalue weighted by Crippen LogP contribution is 2.47. The summed E-state index contributed by atoms with van der Waals surface area (Å²) in [5.74, 6) is -1.12. The van der Waals surface area contributed by atoms with E-state index in [9.17, 15) is 44.6 Å². The molecule has 0 aliphatic heterocycles. The van der Waals surface area contributed by atoms with E-state index < -0.39 is 75.7 Å². The van der Waals surface area contributed by atoms with Gasteiger partial charge in [-0.25, -0.2) is 4.57 Å². The lowest BCUT2D eigenvalue weighted by atomic mass is 9.85. The third-order valence-electron chi connectivity index (χ3n) is 10.8. The maximum atomic E-state index is 12.8. The van der Waals surface area contributed by atoms with Gasteiger partial charge in [0.05, 0.1) is 6.61 Å². The third-order valence-corrected chi connectivity index (χ3v) is 11.8. The number of phosphoric ester groups is 1. The summed E-state index contributed by atoms with van der Waals surface area (Å²) in [5, 5.41) is 50.1. The summed E-state index contributed by atoms with van der Waals surface area (Å²) in [6.07, 6.45) is 25.2. The second-order valence-electron chi connectivity index (χ2n) is 16.3. The van der Waals surface area contributed by atoms with Crippen molar-refractivity contribution >= 4 is 19.8 Å². The van der Waals surface area contributed by atoms with Crippen LogP contribution in [0.15, 0.2) is 24.3 Å². The van der Waals surface area contributed by atoms with Gasteiger partial charge in [0.2, 0.25) is 0 Å². The van der Waals surface area contributed by atoms with E-state index in [-0.39, 0.29) is 12.8 Å². The molecule has 0 spiro atoms. The molecule has 0 bridgehead atoms. The maximum Gasteiger partial charge on any atom is 0.472 e. The molecule has 6 N–H and O–H groups in total. The zero-order chi connectivity index (χ0) is 43.6. The van der Waals surface area contributed by atoms with Crippen LogP contribution in [-0.2, 0) is 32.7 Å². The van der Waals surface area contributed by atoms with Crippen molar-refractivity contribution < 1.29 is 63.1 Å². The molecule has 0 aromatic carbocycles. The zero-order valence-electron chi connectivity index (χ0n) is 36.6. The van der Waals surface area contributed by atoms with Crippen molar-refractivity contribution in [1.29, 1.82) is 0 Å². The number of aliphatic hydroxyl groups is 5. The van der Waals surface area contributed by atoms with Crippen LogP contribution in [0.2, 0.25) is 0 Å². The fraction of sp³-hybridized carbons (Fsp3) is 0.867. The Hall–Kier alpha value is -1.67. The second-order valence-corrected chi connectivity index (χ2v) is 17.7. The standard InChI is InChI=1S/C45H83O13P/c1-3-5-7-9-11-13-15-17-18-19-20-22-24-26-28-30-32-34-39(47)57-37(36-56-59(53,54)58-45-43(51)41(49)40(48)42(50)44(45)52)35-55-38(46)33-31-29-27-25-23-21-16-14-12-10-8-6-4-2/h17-18,21,23,37,40-45,48-52H,3-16,19-20,22,24-36H2,1-2H3,(H,53,54)/b18-17+,23-21+/t37-,40?,41+,42?,43?,44?,45?/m1/s1. The first kappa shape index (κ1) is 55.3. The summed E-state index contributed by atoms with van der Waals surface area (Å²) >= 11 is 0. The predicted molar refractivity (Wildman–Crippen MR) is 230 cm³/mol. The minimum atomic E-state index is -5.12. The lowest BCUT2D eigenvalue weighted by Crippen LogP contribution is -2.64. The second kappa shape index (κ2) is 35.9. The SMILES string of the molecule is CCCCCCCC/C=C/CCCCCCCCCC(=O)O[C@H](COC(=O)CCCCC/C=C/CCCCCCCC)COP(=O)(O)OC1C(O)C(O)C(O)[C@H](O)C1O. The number of unbranched alkanes of at least 4 members (excludes halogenated alkanes) is 22. The molecule has 1 aliphatic rings. The van der Waals surface area contributed by atoms with Crippen LogP contribution >= 0.6 is 7.82 Å². The van der Waals surface area contributed by atoms with E-state index in [2.05, 4.69) is 38.2 Å². The first-order chi connectivity index (χ1) is 28.4. The molecule has 1 fully saturated rings. The number of ether oxygens (including phenoxy) is 2. The molecule has 1 rings (SSSR count). The van der Waals surface area contributed by atoms with Gasteiger partial charge in [0.25, 0.3) is 0 Å². The van der Waals surface area contributed by atoms with Crippen LogP contribution in [-0.4, -0.2) is 98.3 Å². The minimum absolute atomic E-state index is 0.0904. The fourth-order valence-electron chi connectivity index (χ4n) is 6.98. The van der Waals surface area contributed by atoms with Gasteiger partial charge < -0.3 is 39.9 Å². The van der Waals surface area contributed by atoms with Gasteiger partial charge in [0.1, 0.15) is 43.2 Å². The molecule has 1 saturated carbocycles. The van der Waals surface area contributed by atoms with Gasteiger partial charge in [0, 0.05) is 12.8 Å². The van der Waals surface area contributed by atoms with E-state index in [1.165, 1.54) is 96.3 Å². The van der Waals surface area contributed by atoms with Crippen LogP contribution in [0.5, 0.6) is 0 Å². The zero-order valence-corrected chi connectivity index (χ0v) is 37.4. The molecule has 0 aromatic heterocycles. The number of carbonyl (C=O) groups excluding carboxylic acids is 2. The average molecular weight is 863 g/mol. The molecule has 0 aromatic rings. The third kappa shape index (κ3) is 28.5. The highest BCUT2D eigenvalue weighted by atomic mass is 31.2. The average Bonchev–Trinajstić information content (AvgIpc) is 3.21. The molecule has 0 radical (unpaired) electrons. The molecule has 346 valence electrons. The van der Waals surface area contributed by atoms with Crippen LogP contribution in [0.1, 0.15) is 194 Å². The molecule has 13 nitrogen and oxygen atoms in total. The monoisotopic (exact) mass is 863 g/mol. The first-order valence-electron chi connectivity index (χ1n) is 23.1. The molecule has 59 heavy (non-hydrogen) atoms. The first-order valence-corrected chi connectivity index (χ1v) is 24.6. The van der Waals surface area contributed by atoms with Crippen LogP contribution in [0.25, 0.3) is 0 Å². The molecule has 0 saturated heterocycles. The van der Waals surface area contributed by atoms with Gasteiger partial charge in [-0.2, -0.15) is 0 Å². The van der Waals surface area contributed by atoms with Gasteiger partial charge in [0.15, 0.2) is 6.10 Å². The van der Waals surface area contributed by atoms with Gasteiger partial charge in [-0.3, -0.25) is 18.6 Å². The van der Waals surface area contributed by atoms with Crippen molar-refractivity contribution in [2.75, 3.05) is 13.2 Å². The Morgan fingerprint density at radius 3 is 1.31 bits per heavy atom. The Morgan fingerprint density at radius 2 is 0.864 bits per heavy atom. The topological polar surface area (TPSA) is 210 Å². The molecular formula is C45H83O13P. The van der Waals surface area contributed by atoms with Crippen LogP contribution < -0.4 is 0 Å². The minimum Gasteiger partial charge on any atom is -0.462 e. The maximum absolute atomic E-state index is 12.8. The summed E-state index contributed by atoms with van der Waals surface area (Å²) in [6.45, 7) is 3.27. The van der Waals surface area contributed by atoms with Crippen molar-refractivity contribution in [3.63, 3.8) is 0 Å². The number of aliphatic hydroxyl groups excluding tert-OH is 5. The Labute approximate surface area is 356 Å². The highest BCUT2D eigenvalue weighted by molar-refractivity contribution is 7.47. The molecular weight excluding hydrogens is 779 g/mol. The lowest BCUT2D eigenvalue weighted by Gasteiger charge is -2.41. The highest BCUT2D eigenvalue weighted by Gasteiger charge is 2.51. The normalized spacial score (nSPS) is 22.5. The predicted octanol–water partition coefficient (Wildman–Crippen LogP) is 8.84. The van der Waals surface area contributed by atoms with Crippen molar-refractivity contribution in [3.05, 3.63) is 24.3 Å². The molecule has 1 aliphatic carbocycles. The number of hydrogen-bond acceptors (Lipinski definition) is 12. The Balaban J connectivity index is 2.47. The van der Waals surface area contributed by atoms with Crippen molar-refractivity contribution in [3.8, 4) is 0 Å². The smallest absolute Gasteiger partial charge is 0.462 e. The van der Waals surface area contributed by atoms with Crippen LogP contribution in [0.4, 0.5) is 0 Å². The quantitative estimate of drug-likeness (QED) is 0.0149. The molecule has 0 heterocycles. The van der Waals surface area contributed by atoms with Crippen molar-refractivity contribution in [2.45, 2.75) is 236 Å². The lowest BCUT2D eigenvalue weighted by molar-refractivity contribution is -0.220. The Kier molecular flexibility index (Phi) is 33.7. The Bertz CT molecular complexity index is 1130. The van der Waals surface area contributed by atoms with Gasteiger partial charge in [-0.1, -0.05) is 141 Å². The number of esters is 2. The fourth-order valence-corrected chi connectivity index (χ4v) is 7.95. The number of allylic oxidation sites excluding steroid dienone is 4. The summed E-state index contributed by atoms with van der Waals surface area (Å²) in [5.41, 5.74) is 0. The number of rotatable bonds is 38. The van der Waals surface area contributed by atoms with Gasteiger partial charge >= 0.3 is 19.8 Å². The summed E-state index contributed by atoms with van der Waals surface area (Å²) in [4.78, 5) is 35.7. The summed E-state index contributed by atoms with van der Waals surface area (Å²) < 4.78 is 33.5. The molecule has 14 heteroatoms. The molecule has 8 atom stereocenters. The Morgan fingerprint density at radius 1 is 0.508 bits per heavy atom. The van der Waals surface area contributed by atoms with E-state index >= 15 is 0 Å². The van der Waals surface area contributed by atoms with E-state index in [1.807, 2.05) is 0 Å². The summed E-state index contributed by atoms with van der Waals surface area (Å²) in [7, 11) is -5.12. The van der Waals surface area contributed by atoms with Gasteiger partial charge in [-0.05, 0) is 64.2 Å². The van der Waals surface area contributed by atoms with Crippen molar-refractivity contribution in [2.24, 2.45) is 0 Å². The van der Waals surface area contributed by atoms with Crippen molar-refractivity contribution in [1.82, 2.24) is 0 Å².